The van der Waals surface area contributed by atoms with Gasteiger partial charge in [0.05, 0.1) is 17.5 Å². The van der Waals surface area contributed by atoms with Gasteiger partial charge in [-0.2, -0.15) is 0 Å². The minimum atomic E-state index is -3.64. The topological polar surface area (TPSA) is 90.2 Å². The summed E-state index contributed by atoms with van der Waals surface area (Å²) in [6.07, 6.45) is -2.29. The number of hydrogen-bond acceptors (Lipinski definition) is 7. The summed E-state index contributed by atoms with van der Waals surface area (Å²) in [6, 6.07) is 8.72. The Kier molecular flexibility index (Phi) is 6.02. The number of benzene rings is 2. The maximum atomic E-state index is 13.2. The quantitative estimate of drug-likeness (QED) is 0.555. The van der Waals surface area contributed by atoms with E-state index in [1.54, 1.807) is 12.1 Å². The summed E-state index contributed by atoms with van der Waals surface area (Å²) in [4.78, 5) is 27.4. The second-order valence-corrected chi connectivity index (χ2v) is 8.84. The molecular formula is C24H21ClF2N2O6. The van der Waals surface area contributed by atoms with Crippen LogP contribution >= 0.6 is 11.6 Å². The van der Waals surface area contributed by atoms with E-state index >= 15 is 0 Å². The van der Waals surface area contributed by atoms with Crippen LogP contribution in [0, 0.1) is 0 Å². The molecule has 11 heteroatoms. The number of nitrogens with zero attached hydrogens (tertiary/aromatic N) is 1. The van der Waals surface area contributed by atoms with Crippen molar-refractivity contribution in [2.24, 2.45) is 0 Å². The van der Waals surface area contributed by atoms with Crippen molar-refractivity contribution in [2.75, 3.05) is 20.2 Å². The predicted molar refractivity (Wildman–Crippen MR) is 122 cm³/mol. The van der Waals surface area contributed by atoms with Crippen LogP contribution in [0.1, 0.15) is 29.0 Å². The van der Waals surface area contributed by atoms with Crippen LogP contribution < -0.4 is 25.0 Å². The lowest BCUT2D eigenvalue weighted by Gasteiger charge is -2.32. The van der Waals surface area contributed by atoms with Crippen molar-refractivity contribution in [3.8, 4) is 17.2 Å². The summed E-state index contributed by atoms with van der Waals surface area (Å²) in [7, 11) is 1.44. The third kappa shape index (κ3) is 4.89. The number of rotatable bonds is 5. The maximum Gasteiger partial charge on any atom is 0.586 e. The highest BCUT2D eigenvalue weighted by Crippen LogP contribution is 2.41. The Morgan fingerprint density at radius 3 is 2.66 bits per heavy atom. The molecule has 184 valence electrons. The molecule has 3 heterocycles. The molecule has 1 N–H and O–H groups in total. The van der Waals surface area contributed by atoms with Gasteiger partial charge in [-0.05, 0) is 36.6 Å². The van der Waals surface area contributed by atoms with Crippen LogP contribution in [0.2, 0.25) is 5.02 Å². The third-order valence-electron chi connectivity index (χ3n) is 6.02. The summed E-state index contributed by atoms with van der Waals surface area (Å²) >= 11 is 6.07. The Labute approximate surface area is 203 Å². The van der Waals surface area contributed by atoms with Gasteiger partial charge in [0.15, 0.2) is 22.7 Å². The standard InChI is InChI=1S/C24H21ClF2N2O6/c1-32-20-11-19-15(9-16(20)25)17(30)10-22(33-19)23(31)28-14-4-6-29(7-5-14)12-13-2-3-18-21(8-13)35-24(26,27)34-18/h2-3,8-11,14H,4-7,12H2,1H3,(H,28,31). The van der Waals surface area contributed by atoms with Crippen LogP contribution in [0.5, 0.6) is 17.2 Å². The van der Waals surface area contributed by atoms with Crippen molar-refractivity contribution >= 4 is 28.5 Å². The second-order valence-electron chi connectivity index (χ2n) is 8.43. The molecule has 1 saturated heterocycles. The molecule has 0 bridgehead atoms. The smallest absolute Gasteiger partial charge is 0.495 e. The van der Waals surface area contributed by atoms with Crippen LogP contribution in [-0.4, -0.2) is 43.3 Å². The van der Waals surface area contributed by atoms with Crippen molar-refractivity contribution in [1.29, 1.82) is 0 Å². The first-order valence-corrected chi connectivity index (χ1v) is 11.3. The van der Waals surface area contributed by atoms with Crippen molar-refractivity contribution in [1.82, 2.24) is 10.2 Å². The summed E-state index contributed by atoms with van der Waals surface area (Å²) in [5, 5.41) is 3.45. The number of amides is 1. The molecule has 0 atom stereocenters. The average Bonchev–Trinajstić information content (AvgIpc) is 3.13. The van der Waals surface area contributed by atoms with E-state index in [-0.39, 0.29) is 44.7 Å². The second kappa shape index (κ2) is 9.01. The molecule has 2 aliphatic rings. The molecule has 3 aromatic rings. The number of nitrogens with one attached hydrogen (secondary N) is 1. The first-order chi connectivity index (χ1) is 16.7. The molecule has 0 saturated carbocycles. The highest BCUT2D eigenvalue weighted by atomic mass is 35.5. The fourth-order valence-corrected chi connectivity index (χ4v) is 4.51. The predicted octanol–water partition coefficient (Wildman–Crippen LogP) is 4.17. The molecule has 0 aliphatic carbocycles. The lowest BCUT2D eigenvalue weighted by Crippen LogP contribution is -2.44. The molecule has 5 rings (SSSR count). The highest BCUT2D eigenvalue weighted by Gasteiger charge is 2.43. The Morgan fingerprint density at radius 2 is 1.91 bits per heavy atom. The van der Waals surface area contributed by atoms with Gasteiger partial charge in [-0.25, -0.2) is 0 Å². The molecule has 8 nitrogen and oxygen atoms in total. The van der Waals surface area contributed by atoms with E-state index in [0.29, 0.717) is 38.2 Å². The van der Waals surface area contributed by atoms with Crippen LogP contribution in [0.25, 0.3) is 11.0 Å². The summed E-state index contributed by atoms with van der Waals surface area (Å²) in [6.45, 7) is 1.92. The van der Waals surface area contributed by atoms with Crippen LogP contribution in [0.15, 0.2) is 45.6 Å². The van der Waals surface area contributed by atoms with E-state index in [9.17, 15) is 18.4 Å². The van der Waals surface area contributed by atoms with Crippen molar-refractivity contribution in [3.63, 3.8) is 0 Å². The normalized spacial score (nSPS) is 17.5. The number of fused-ring (bicyclic) bond motifs is 2. The number of alkyl halides is 2. The Bertz CT molecular complexity index is 1350. The van der Waals surface area contributed by atoms with Gasteiger partial charge < -0.3 is 23.9 Å². The lowest BCUT2D eigenvalue weighted by molar-refractivity contribution is -0.286. The molecule has 2 aliphatic heterocycles. The number of methoxy groups -OCH3 is 1. The van der Waals surface area contributed by atoms with Crippen molar-refractivity contribution in [3.05, 3.63) is 63.0 Å². The highest BCUT2D eigenvalue weighted by molar-refractivity contribution is 6.32. The fraction of sp³-hybridized carbons (Fsp3) is 0.333. The van der Waals surface area contributed by atoms with Gasteiger partial charge in [0.25, 0.3) is 5.91 Å². The van der Waals surface area contributed by atoms with Gasteiger partial charge in [-0.3, -0.25) is 14.5 Å². The zero-order valence-electron chi connectivity index (χ0n) is 18.6. The molecular weight excluding hydrogens is 486 g/mol. The van der Waals surface area contributed by atoms with Gasteiger partial charge in [-0.1, -0.05) is 17.7 Å². The number of carbonyl (C=O) groups excluding carboxylic acids is 1. The molecule has 1 amide bonds. The maximum absolute atomic E-state index is 13.2. The third-order valence-corrected chi connectivity index (χ3v) is 6.32. The molecule has 1 aromatic heterocycles. The average molecular weight is 507 g/mol. The molecule has 0 radical (unpaired) electrons. The minimum Gasteiger partial charge on any atom is -0.495 e. The van der Waals surface area contributed by atoms with Gasteiger partial charge in [0.2, 0.25) is 0 Å². The first kappa shape index (κ1) is 23.4. The summed E-state index contributed by atoms with van der Waals surface area (Å²) < 4.78 is 46.2. The number of halogens is 3. The molecule has 1 fully saturated rings. The number of hydrogen-bond donors (Lipinski definition) is 1. The SMILES string of the molecule is COc1cc2oc(C(=O)NC3CCN(Cc4ccc5c(c4)OC(F)(F)O5)CC3)cc(=O)c2cc1Cl. The molecule has 0 unspecified atom stereocenters. The van der Waals surface area contributed by atoms with Crippen LogP contribution in [-0.2, 0) is 6.54 Å². The molecule has 0 spiro atoms. The Hall–Kier alpha value is -3.37. The Balaban J connectivity index is 1.19. The van der Waals surface area contributed by atoms with E-state index in [4.69, 9.17) is 20.8 Å². The van der Waals surface area contributed by atoms with E-state index < -0.39 is 12.2 Å². The first-order valence-electron chi connectivity index (χ1n) is 10.9. The Morgan fingerprint density at radius 1 is 1.17 bits per heavy atom. The van der Waals surface area contributed by atoms with Gasteiger partial charge in [0.1, 0.15) is 11.3 Å². The van der Waals surface area contributed by atoms with Crippen LogP contribution in [0.3, 0.4) is 0 Å². The number of ether oxygens (including phenoxy) is 3. The van der Waals surface area contributed by atoms with Crippen molar-refractivity contribution in [2.45, 2.75) is 31.7 Å². The number of piperidine rings is 1. The van der Waals surface area contributed by atoms with Crippen LogP contribution in [0.4, 0.5) is 8.78 Å². The zero-order valence-corrected chi connectivity index (χ0v) is 19.4. The van der Waals surface area contributed by atoms with Gasteiger partial charge in [0, 0.05) is 37.8 Å². The van der Waals surface area contributed by atoms with E-state index in [2.05, 4.69) is 19.7 Å². The number of carbonyl (C=O) groups is 1. The number of likely N-dealkylation sites (tertiary alicyclic amines) is 1. The zero-order chi connectivity index (χ0) is 24.7. The van der Waals surface area contributed by atoms with Gasteiger partial charge >= 0.3 is 6.29 Å². The summed E-state index contributed by atoms with van der Waals surface area (Å²) in [5.74, 6) is -0.198. The molecule has 2 aromatic carbocycles. The molecule has 35 heavy (non-hydrogen) atoms. The largest absolute Gasteiger partial charge is 0.586 e. The minimum absolute atomic E-state index is 0.0158. The van der Waals surface area contributed by atoms with E-state index in [0.717, 1.165) is 11.6 Å². The summed E-state index contributed by atoms with van der Waals surface area (Å²) in [5.41, 5.74) is 0.651. The van der Waals surface area contributed by atoms with Crippen molar-refractivity contribution < 1.29 is 32.2 Å². The van der Waals surface area contributed by atoms with E-state index in [1.807, 2.05) is 0 Å². The monoisotopic (exact) mass is 506 g/mol. The van der Waals surface area contributed by atoms with Gasteiger partial charge in [-0.15, -0.1) is 8.78 Å². The lowest BCUT2D eigenvalue weighted by atomic mass is 10.0. The van der Waals surface area contributed by atoms with E-state index in [1.165, 1.54) is 25.3 Å². The fourth-order valence-electron chi connectivity index (χ4n) is 4.27.